The van der Waals surface area contributed by atoms with Gasteiger partial charge >= 0.3 is 5.97 Å². The summed E-state index contributed by atoms with van der Waals surface area (Å²) in [6, 6.07) is 7.46. The summed E-state index contributed by atoms with van der Waals surface area (Å²) >= 11 is 1.83. The molecule has 0 saturated carbocycles. The summed E-state index contributed by atoms with van der Waals surface area (Å²) in [6.45, 7) is 16.2. The molecule has 17 atom stereocenters. The van der Waals surface area contributed by atoms with Crippen molar-refractivity contribution >= 4 is 28.6 Å². The predicted molar refractivity (Wildman–Crippen MR) is 288 cm³/mol. The van der Waals surface area contributed by atoms with Crippen LogP contribution in [0.3, 0.4) is 0 Å². The number of ether oxygens (including phenoxy) is 6. The van der Waals surface area contributed by atoms with Crippen LogP contribution < -0.4 is 0 Å². The van der Waals surface area contributed by atoms with Gasteiger partial charge in [-0.3, -0.25) is 9.48 Å². The van der Waals surface area contributed by atoms with E-state index in [-0.39, 0.29) is 18.9 Å². The number of hydrogen-bond acceptors (Lipinski definition) is 19. The molecule has 0 aliphatic carbocycles. The minimum Gasteiger partial charge on any atom is -0.448 e. The number of rotatable bonds is 17. The van der Waals surface area contributed by atoms with E-state index in [9.17, 15) is 30.3 Å². The van der Waals surface area contributed by atoms with Gasteiger partial charge in [-0.25, -0.2) is 4.68 Å². The Hall–Kier alpha value is -2.82. The van der Waals surface area contributed by atoms with E-state index in [4.69, 9.17) is 28.4 Å². The zero-order chi connectivity index (χ0) is 55.2. The largest absolute Gasteiger partial charge is 0.448 e. The fourth-order valence-electron chi connectivity index (χ4n) is 10.8. The molecule has 3 aliphatic rings. The van der Waals surface area contributed by atoms with Crippen LogP contribution in [0.15, 0.2) is 36.7 Å². The molecule has 5 N–H and O–H groups in total. The zero-order valence-corrected chi connectivity index (χ0v) is 48.7. The fraction of sp³-hybridized carbons (Fsp3) is 0.792. The summed E-state index contributed by atoms with van der Waals surface area (Å²) in [6.07, 6.45) is -0.142. The maximum Gasteiger partial charge on any atom is 0.312 e. The quantitative estimate of drug-likeness (QED) is 0.0562. The van der Waals surface area contributed by atoms with Gasteiger partial charge in [-0.05, 0) is 162 Å². The maximum absolute atomic E-state index is 14.3. The first-order valence-corrected chi connectivity index (χ1v) is 27.9. The maximum atomic E-state index is 14.3. The molecule has 21 nitrogen and oxygen atoms in total. The van der Waals surface area contributed by atoms with E-state index in [1.807, 2.05) is 86.6 Å². The number of halogens is 1. The van der Waals surface area contributed by atoms with Crippen LogP contribution in [0.2, 0.25) is 0 Å². The highest BCUT2D eigenvalue weighted by molar-refractivity contribution is 14.1. The molecule has 0 unspecified atom stereocenters. The number of benzene rings is 1. The number of aryl methyl sites for hydroxylation is 2. The van der Waals surface area contributed by atoms with Crippen LogP contribution in [0.4, 0.5) is 0 Å². The van der Waals surface area contributed by atoms with E-state index in [1.165, 1.54) is 19.6 Å². The lowest BCUT2D eigenvalue weighted by molar-refractivity contribution is -0.317. The van der Waals surface area contributed by atoms with Gasteiger partial charge in [0.05, 0.1) is 64.8 Å². The van der Waals surface area contributed by atoms with Crippen LogP contribution in [0.5, 0.6) is 0 Å². The molecule has 0 spiro atoms. The van der Waals surface area contributed by atoms with Crippen molar-refractivity contribution < 1.29 is 58.7 Å². The summed E-state index contributed by atoms with van der Waals surface area (Å²) in [5, 5.41) is 76.4. The molecule has 3 aliphatic heterocycles. The van der Waals surface area contributed by atoms with Crippen LogP contribution >= 0.6 is 22.6 Å². The summed E-state index contributed by atoms with van der Waals surface area (Å²) in [5.74, 6) is -2.58. The Labute approximate surface area is 457 Å². The molecule has 3 fully saturated rings. The molecule has 424 valence electrons. The number of nitrogens with zero attached hydrogens (tertiary/aromatic N) is 9. The number of aromatic nitrogens is 6. The van der Waals surface area contributed by atoms with E-state index < -0.39 is 100 Å². The highest BCUT2D eigenvalue weighted by atomic mass is 127. The number of carbonyl (C=O) groups excluding carboxylic acids is 1. The predicted octanol–water partition coefficient (Wildman–Crippen LogP) is 3.51. The van der Waals surface area contributed by atoms with Crippen molar-refractivity contribution in [3.05, 3.63) is 53.6 Å². The fourth-order valence-corrected chi connectivity index (χ4v) is 11.4. The Bertz CT molecular complexity index is 2240. The van der Waals surface area contributed by atoms with Crippen LogP contribution in [0.25, 0.3) is 5.69 Å². The molecule has 22 heteroatoms. The number of hydrogen-bond donors (Lipinski definition) is 5. The number of methoxy groups -OCH3 is 1. The number of alkyl halides is 1. The van der Waals surface area contributed by atoms with Gasteiger partial charge in [-0.1, -0.05) is 29.5 Å². The van der Waals surface area contributed by atoms with E-state index in [0.29, 0.717) is 32.4 Å². The molecule has 6 rings (SSSR count). The van der Waals surface area contributed by atoms with Gasteiger partial charge in [0.25, 0.3) is 0 Å². The molecule has 0 bridgehead atoms. The lowest BCUT2D eigenvalue weighted by Crippen LogP contribution is -2.60. The van der Waals surface area contributed by atoms with Crippen molar-refractivity contribution in [3.63, 3.8) is 0 Å². The second-order valence-electron chi connectivity index (χ2n) is 22.7. The van der Waals surface area contributed by atoms with Gasteiger partial charge in [-0.15, -0.1) is 10.2 Å². The van der Waals surface area contributed by atoms with Crippen molar-refractivity contribution in [3.8, 4) is 5.69 Å². The lowest BCUT2D eigenvalue weighted by atomic mass is 9.79. The minimum atomic E-state index is -1.84. The number of cyclic esters (lactones) is 1. The van der Waals surface area contributed by atoms with Crippen molar-refractivity contribution in [2.24, 2.45) is 11.8 Å². The first-order chi connectivity index (χ1) is 35.2. The van der Waals surface area contributed by atoms with E-state index in [1.54, 1.807) is 39.3 Å². The van der Waals surface area contributed by atoms with Crippen molar-refractivity contribution in [1.29, 1.82) is 0 Å². The Morgan fingerprint density at radius 2 is 1.59 bits per heavy atom. The first kappa shape index (κ1) is 61.4. The van der Waals surface area contributed by atoms with Gasteiger partial charge < -0.3 is 68.7 Å². The number of unbranched alkanes of at least 4 members (excludes halogenated alkanes) is 1. The third-order valence-corrected chi connectivity index (χ3v) is 17.5. The molecule has 0 amide bonds. The Balaban J connectivity index is 1.13. The molecule has 3 saturated heterocycles. The Morgan fingerprint density at radius 1 is 0.893 bits per heavy atom. The number of esters is 1. The SMILES string of the molecule is CO[C@]1(C)C[C@H](O[C@H]2[C@H](C)[C@@H](O[C@@H]3O[C@H](C)C[C@H](N(C)CCc4cn(CCCCc5ccc(-n6cc(CN(C)C)nn6)cc5)nn4)[C@H]3O)[C@](C)(O)CCCN(C)[C@H](C)[C@@H](O)[C@](C)(O)[C@@H](I)OC(=O)[C@@H]2C)O[C@@H](C)[C@@H]1O. The number of carbonyl (C=O) groups is 1. The monoisotopic (exact) mass is 1170 g/mol. The second kappa shape index (κ2) is 26.4. The van der Waals surface area contributed by atoms with Gasteiger partial charge in [0, 0.05) is 63.8 Å². The standard InChI is InChI=1S/C53H88IN9O12/c1-32-27-41(61(12)26-22-38-30-62(57-55-38)25-15-14-17-37-18-20-40(21-19-37)63-31-39(56-58-63)29-59(9)10)43(64)49(71-32)74-47-33(2)44(73-42-28-52(7,70-13)46(66)36(5)72-42)34(3)48(67)75-50(54)53(8,69)45(65)35(4)60(11)24-16-23-51(47,6)68/h18-21,30-36,41-47,49-50,64-66,68-69H,14-17,22-29H2,1-13H3/t32-,33+,34-,35-,36+,41+,42+,43-,44+,45-,46+,47-,49+,50+,51-,52-,53+/m1/s1. The van der Waals surface area contributed by atoms with E-state index >= 15 is 0 Å². The van der Waals surface area contributed by atoms with Gasteiger partial charge in [-0.2, -0.15) is 0 Å². The highest BCUT2D eigenvalue weighted by Crippen LogP contribution is 2.40. The molecule has 0 radical (unpaired) electrons. The second-order valence-corrected chi connectivity index (χ2v) is 23.8. The van der Waals surface area contributed by atoms with Crippen LogP contribution in [0, 0.1) is 11.8 Å². The molecular weight excluding hydrogens is 1080 g/mol. The van der Waals surface area contributed by atoms with E-state index in [2.05, 4.69) is 54.7 Å². The summed E-state index contributed by atoms with van der Waals surface area (Å²) in [4.78, 5) is 20.3. The molecular formula is C53H88IN9O12. The highest BCUT2D eigenvalue weighted by Gasteiger charge is 2.52. The average molecular weight is 1170 g/mol. The molecule has 2 aromatic heterocycles. The zero-order valence-electron chi connectivity index (χ0n) is 46.5. The van der Waals surface area contributed by atoms with E-state index in [0.717, 1.165) is 49.4 Å². The molecule has 5 heterocycles. The van der Waals surface area contributed by atoms with Gasteiger partial charge in [0.2, 0.25) is 0 Å². The number of aliphatic hydroxyl groups excluding tert-OH is 3. The molecule has 1 aromatic carbocycles. The van der Waals surface area contributed by atoms with Gasteiger partial charge in [0.15, 0.2) is 16.7 Å². The van der Waals surface area contributed by atoms with Gasteiger partial charge in [0.1, 0.15) is 23.9 Å². The lowest BCUT2D eigenvalue weighted by Gasteiger charge is -2.48. The first-order valence-electron chi connectivity index (χ1n) is 26.7. The molecule has 75 heavy (non-hydrogen) atoms. The van der Waals surface area contributed by atoms with Crippen molar-refractivity contribution in [2.75, 3.05) is 48.4 Å². The summed E-state index contributed by atoms with van der Waals surface area (Å²) in [5.41, 5.74) is -0.512. The smallest absolute Gasteiger partial charge is 0.312 e. The topological polar surface area (TPSA) is 245 Å². The van der Waals surface area contributed by atoms with Crippen molar-refractivity contribution in [1.82, 2.24) is 44.7 Å². The van der Waals surface area contributed by atoms with Crippen LogP contribution in [0.1, 0.15) is 111 Å². The number of likely N-dealkylation sites (N-methyl/N-ethyl adjacent to an activating group) is 2. The normalized spacial score (nSPS) is 37.1. The third-order valence-electron chi connectivity index (χ3n) is 16.0. The van der Waals surface area contributed by atoms with Crippen LogP contribution in [-0.2, 0) is 59.1 Å². The number of aliphatic hydroxyl groups is 5. The summed E-state index contributed by atoms with van der Waals surface area (Å²) in [7, 11) is 9.30. The average Bonchev–Trinajstić information content (AvgIpc) is 4.03. The Kier molecular flexibility index (Phi) is 21.6. The third kappa shape index (κ3) is 15.5. The summed E-state index contributed by atoms with van der Waals surface area (Å²) < 4.78 is 40.5. The minimum absolute atomic E-state index is 0.107. The van der Waals surface area contributed by atoms with Crippen LogP contribution in [-0.4, -0.2) is 213 Å². The van der Waals surface area contributed by atoms with Crippen molar-refractivity contribution in [2.45, 2.75) is 208 Å². The molecule has 3 aromatic rings. The Morgan fingerprint density at radius 3 is 2.27 bits per heavy atom.